The number of hydrogen-bond acceptors (Lipinski definition) is 5. The molecule has 1 unspecified atom stereocenters. The summed E-state index contributed by atoms with van der Waals surface area (Å²) in [5.41, 5.74) is 0.735. The number of hydrogen-bond donors (Lipinski definition) is 2. The monoisotopic (exact) mass is 379 g/mol. The van der Waals surface area contributed by atoms with E-state index in [1.807, 2.05) is 0 Å². The average Bonchev–Trinajstić information content (AvgIpc) is 2.86. The number of thioether (sulfide) groups is 1. The molecule has 0 spiro atoms. The quantitative estimate of drug-likeness (QED) is 0.616. The van der Waals surface area contributed by atoms with Crippen molar-refractivity contribution < 1.29 is 18.0 Å². The maximum atomic E-state index is 12.6. The largest absolute Gasteiger partial charge is 0.453 e. The van der Waals surface area contributed by atoms with Crippen LogP contribution in [0.25, 0.3) is 0 Å². The molecule has 130 valence electrons. The van der Waals surface area contributed by atoms with Crippen LogP contribution in [-0.4, -0.2) is 26.5 Å². The van der Waals surface area contributed by atoms with Crippen LogP contribution in [0.4, 0.5) is 13.2 Å². The van der Waals surface area contributed by atoms with Gasteiger partial charge < -0.3 is 11.2 Å². The molecule has 0 saturated carbocycles. The van der Waals surface area contributed by atoms with Gasteiger partial charge in [0.05, 0.1) is 11.8 Å². The molecule has 2 rings (SSSR count). The Kier molecular flexibility index (Phi) is 5.60. The number of nitrogen functional groups attached to an aromatic ring is 1. The number of halogens is 4. The topological polar surface area (TPSA) is 85.8 Å². The van der Waals surface area contributed by atoms with Crippen molar-refractivity contribution in [3.8, 4) is 0 Å². The van der Waals surface area contributed by atoms with Gasteiger partial charge in [-0.15, -0.1) is 10.2 Å². The highest BCUT2D eigenvalue weighted by Gasteiger charge is 2.38. The molecule has 0 radical (unpaired) electrons. The molecule has 2 aromatic rings. The first-order chi connectivity index (χ1) is 11.2. The minimum absolute atomic E-state index is 0.165. The van der Waals surface area contributed by atoms with Crippen molar-refractivity contribution in [1.29, 1.82) is 0 Å². The van der Waals surface area contributed by atoms with Crippen LogP contribution < -0.4 is 11.2 Å². The molecule has 1 atom stereocenters. The molecule has 0 aliphatic heterocycles. The number of amides is 1. The first-order valence-corrected chi connectivity index (χ1v) is 8.00. The van der Waals surface area contributed by atoms with Crippen LogP contribution in [0.5, 0.6) is 0 Å². The van der Waals surface area contributed by atoms with Gasteiger partial charge in [0.15, 0.2) is 0 Å². The van der Waals surface area contributed by atoms with Crippen LogP contribution in [-0.2, 0) is 11.0 Å². The molecule has 6 nitrogen and oxygen atoms in total. The van der Waals surface area contributed by atoms with E-state index in [2.05, 4.69) is 15.5 Å². The smallest absolute Gasteiger partial charge is 0.349 e. The molecule has 24 heavy (non-hydrogen) atoms. The highest BCUT2D eigenvalue weighted by atomic mass is 35.5. The number of carbonyl (C=O) groups excluding carboxylic acids is 1. The molecule has 3 N–H and O–H groups in total. The van der Waals surface area contributed by atoms with Gasteiger partial charge in [0.1, 0.15) is 0 Å². The predicted molar refractivity (Wildman–Crippen MR) is 83.9 cm³/mol. The van der Waals surface area contributed by atoms with Crippen LogP contribution in [0.3, 0.4) is 0 Å². The van der Waals surface area contributed by atoms with Crippen LogP contribution in [0, 0.1) is 0 Å². The number of rotatable bonds is 5. The normalized spacial score (nSPS) is 12.9. The third-order valence-corrected chi connectivity index (χ3v) is 4.29. The lowest BCUT2D eigenvalue weighted by atomic mass is 10.1. The number of nitrogens with zero attached hydrogens (tertiary/aromatic N) is 3. The van der Waals surface area contributed by atoms with E-state index in [-0.39, 0.29) is 17.0 Å². The molecule has 0 aliphatic carbocycles. The summed E-state index contributed by atoms with van der Waals surface area (Å²) in [6.07, 6.45) is -4.71. The van der Waals surface area contributed by atoms with E-state index in [9.17, 15) is 18.0 Å². The molecule has 1 heterocycles. The highest BCUT2D eigenvalue weighted by molar-refractivity contribution is 7.99. The van der Waals surface area contributed by atoms with E-state index in [0.717, 1.165) is 17.3 Å². The zero-order valence-corrected chi connectivity index (χ0v) is 13.9. The summed E-state index contributed by atoms with van der Waals surface area (Å²) >= 11 is 6.79. The second-order valence-electron chi connectivity index (χ2n) is 4.77. The van der Waals surface area contributed by atoms with Crippen molar-refractivity contribution in [2.75, 3.05) is 11.6 Å². The Morgan fingerprint density at radius 1 is 1.42 bits per heavy atom. The second-order valence-corrected chi connectivity index (χ2v) is 6.12. The van der Waals surface area contributed by atoms with E-state index in [0.29, 0.717) is 9.70 Å². The Labute approximate surface area is 144 Å². The maximum absolute atomic E-state index is 12.6. The van der Waals surface area contributed by atoms with Crippen LogP contribution >= 0.6 is 23.4 Å². The van der Waals surface area contributed by atoms with Gasteiger partial charge in [0.25, 0.3) is 5.82 Å². The molecule has 0 aliphatic rings. The Morgan fingerprint density at radius 2 is 2.08 bits per heavy atom. The van der Waals surface area contributed by atoms with Crippen molar-refractivity contribution in [3.63, 3.8) is 0 Å². The SMILES string of the molecule is CC(NC(=O)CSc1nnc(C(F)(F)F)n1N)c1ccccc1Cl. The summed E-state index contributed by atoms with van der Waals surface area (Å²) < 4.78 is 38.0. The molecule has 0 saturated heterocycles. The van der Waals surface area contributed by atoms with Gasteiger partial charge in [-0.3, -0.25) is 4.79 Å². The minimum atomic E-state index is -4.71. The Hall–Kier alpha value is -1.94. The van der Waals surface area contributed by atoms with Gasteiger partial charge in [0, 0.05) is 5.02 Å². The fraction of sp³-hybridized carbons (Fsp3) is 0.308. The summed E-state index contributed by atoms with van der Waals surface area (Å²) in [4.78, 5) is 11.9. The predicted octanol–water partition coefficient (Wildman–Crippen LogP) is 2.63. The first kappa shape index (κ1) is 18.4. The van der Waals surface area contributed by atoms with E-state index in [4.69, 9.17) is 17.4 Å². The number of benzene rings is 1. The third kappa shape index (κ3) is 4.32. The second kappa shape index (κ2) is 7.31. The zero-order chi connectivity index (χ0) is 17.9. The van der Waals surface area contributed by atoms with Crippen LogP contribution in [0.1, 0.15) is 24.4 Å². The summed E-state index contributed by atoms with van der Waals surface area (Å²) in [5, 5.41) is 9.32. The van der Waals surface area contributed by atoms with Gasteiger partial charge in [-0.05, 0) is 18.6 Å². The lowest BCUT2D eigenvalue weighted by Gasteiger charge is -2.15. The molecule has 1 amide bonds. The Morgan fingerprint density at radius 3 is 2.67 bits per heavy atom. The zero-order valence-electron chi connectivity index (χ0n) is 12.3. The summed E-state index contributed by atoms with van der Waals surface area (Å²) in [5.74, 6) is 3.40. The van der Waals surface area contributed by atoms with Gasteiger partial charge >= 0.3 is 6.18 Å². The first-order valence-electron chi connectivity index (χ1n) is 6.64. The van der Waals surface area contributed by atoms with Crippen LogP contribution in [0.2, 0.25) is 5.02 Å². The highest BCUT2D eigenvalue weighted by Crippen LogP contribution is 2.29. The van der Waals surface area contributed by atoms with Crippen molar-refractivity contribution >= 4 is 29.3 Å². The average molecular weight is 380 g/mol. The number of carbonyl (C=O) groups is 1. The molecule has 1 aromatic carbocycles. The van der Waals surface area contributed by atoms with Crippen molar-refractivity contribution in [2.45, 2.75) is 24.3 Å². The summed E-state index contributed by atoms with van der Waals surface area (Å²) in [6.45, 7) is 1.75. The van der Waals surface area contributed by atoms with Crippen molar-refractivity contribution in [3.05, 3.63) is 40.7 Å². The lowest BCUT2D eigenvalue weighted by Crippen LogP contribution is -2.28. The van der Waals surface area contributed by atoms with Gasteiger partial charge in [-0.2, -0.15) is 13.2 Å². The Balaban J connectivity index is 1.95. The van der Waals surface area contributed by atoms with Crippen LogP contribution in [0.15, 0.2) is 29.4 Å². The minimum Gasteiger partial charge on any atom is -0.349 e. The molecule has 1 aromatic heterocycles. The maximum Gasteiger partial charge on any atom is 0.453 e. The van der Waals surface area contributed by atoms with E-state index >= 15 is 0 Å². The molecular weight excluding hydrogens is 367 g/mol. The summed E-state index contributed by atoms with van der Waals surface area (Å²) in [7, 11) is 0. The van der Waals surface area contributed by atoms with Gasteiger partial charge in [-0.25, -0.2) is 4.68 Å². The molecule has 0 bridgehead atoms. The molecular formula is C13H13ClF3N5OS. The molecule has 11 heteroatoms. The van der Waals surface area contributed by atoms with E-state index < -0.39 is 17.9 Å². The number of nitrogens with two attached hydrogens (primary N) is 1. The lowest BCUT2D eigenvalue weighted by molar-refractivity contribution is -0.146. The fourth-order valence-corrected chi connectivity index (χ4v) is 2.85. The molecule has 0 fully saturated rings. The third-order valence-electron chi connectivity index (χ3n) is 3.00. The van der Waals surface area contributed by atoms with E-state index in [1.165, 1.54) is 0 Å². The fourth-order valence-electron chi connectivity index (χ4n) is 1.89. The number of alkyl halides is 3. The van der Waals surface area contributed by atoms with E-state index in [1.54, 1.807) is 31.2 Å². The summed E-state index contributed by atoms with van der Waals surface area (Å²) in [6, 6.07) is 6.67. The van der Waals surface area contributed by atoms with Crippen molar-refractivity contribution in [2.24, 2.45) is 0 Å². The number of nitrogens with one attached hydrogen (secondary N) is 1. The Bertz CT molecular complexity index is 737. The van der Waals surface area contributed by atoms with Crippen molar-refractivity contribution in [1.82, 2.24) is 20.2 Å². The standard InChI is InChI=1S/C13H13ClF3N5OS/c1-7(8-4-2-3-5-9(8)14)19-10(23)6-24-12-21-20-11(22(12)18)13(15,16)17/h2-5,7H,6,18H2,1H3,(H,19,23). The van der Waals surface area contributed by atoms with Gasteiger partial charge in [0.2, 0.25) is 11.1 Å². The van der Waals surface area contributed by atoms with Gasteiger partial charge in [-0.1, -0.05) is 41.6 Å². The number of aromatic nitrogens is 3.